The number of carbonyl (C=O) groups is 1. The van der Waals surface area contributed by atoms with Crippen molar-refractivity contribution in [3.8, 4) is 11.3 Å². The highest BCUT2D eigenvalue weighted by Gasteiger charge is 2.19. The number of carbonyl (C=O) groups excluding carboxylic acids is 1. The van der Waals surface area contributed by atoms with E-state index >= 15 is 0 Å². The Morgan fingerprint density at radius 3 is 2.62 bits per heavy atom. The van der Waals surface area contributed by atoms with Gasteiger partial charge in [0.2, 0.25) is 5.78 Å². The van der Waals surface area contributed by atoms with Crippen molar-refractivity contribution in [1.82, 2.24) is 18.9 Å². The van der Waals surface area contributed by atoms with Gasteiger partial charge in [0.1, 0.15) is 5.69 Å². The second kappa shape index (κ2) is 6.86. The van der Waals surface area contributed by atoms with Crippen LogP contribution in [0.2, 0.25) is 0 Å². The number of nitrogens with zero attached hydrogens (tertiary/aromatic N) is 4. The molecule has 0 saturated carbocycles. The zero-order chi connectivity index (χ0) is 20.0. The van der Waals surface area contributed by atoms with Gasteiger partial charge in [0.15, 0.2) is 0 Å². The van der Waals surface area contributed by atoms with Crippen molar-refractivity contribution in [2.24, 2.45) is 7.05 Å². The molecule has 5 rings (SSSR count). The summed E-state index contributed by atoms with van der Waals surface area (Å²) in [6.07, 6.45) is 5.56. The maximum absolute atomic E-state index is 12.9. The molecule has 3 heterocycles. The summed E-state index contributed by atoms with van der Waals surface area (Å²) < 4.78 is 4.57. The summed E-state index contributed by atoms with van der Waals surface area (Å²) in [5, 5.41) is 3.99. The summed E-state index contributed by atoms with van der Waals surface area (Å²) in [7, 11) is 1.89. The normalized spacial score (nSPS) is 11.2. The van der Waals surface area contributed by atoms with Gasteiger partial charge in [0.25, 0.3) is 5.91 Å². The Kier molecular flexibility index (Phi) is 4.17. The summed E-state index contributed by atoms with van der Waals surface area (Å²) >= 11 is 3.58. The largest absolute Gasteiger partial charge is 0.339 e. The van der Waals surface area contributed by atoms with Crippen LogP contribution in [0.15, 0.2) is 77.7 Å². The van der Waals surface area contributed by atoms with Gasteiger partial charge in [-0.05, 0) is 40.2 Å². The molecule has 29 heavy (non-hydrogen) atoms. The molecule has 0 bridgehead atoms. The van der Waals surface area contributed by atoms with Gasteiger partial charge in [-0.2, -0.15) is 0 Å². The van der Waals surface area contributed by atoms with E-state index in [4.69, 9.17) is 0 Å². The molecule has 2 aromatic carbocycles. The molecule has 0 fully saturated rings. The van der Waals surface area contributed by atoms with Crippen LogP contribution in [0, 0.1) is 0 Å². The fraction of sp³-hybridized carbons (Fsp3) is 0.0455. The van der Waals surface area contributed by atoms with Crippen LogP contribution in [-0.4, -0.2) is 24.8 Å². The van der Waals surface area contributed by atoms with Crippen LogP contribution in [0.3, 0.4) is 0 Å². The van der Waals surface area contributed by atoms with Gasteiger partial charge in [0.05, 0.1) is 10.2 Å². The number of hydrogen-bond acceptors (Lipinski definition) is 3. The van der Waals surface area contributed by atoms with Gasteiger partial charge in [-0.3, -0.25) is 9.20 Å². The van der Waals surface area contributed by atoms with Crippen LogP contribution in [0.5, 0.6) is 0 Å². The number of rotatable bonds is 3. The number of halogens is 1. The number of fused-ring (bicyclic) bond motifs is 2. The quantitative estimate of drug-likeness (QED) is 0.429. The van der Waals surface area contributed by atoms with E-state index in [1.165, 1.54) is 0 Å². The maximum Gasteiger partial charge on any atom is 0.273 e. The van der Waals surface area contributed by atoms with Crippen molar-refractivity contribution < 1.29 is 4.79 Å². The number of aryl methyl sites for hydroxylation is 1. The van der Waals surface area contributed by atoms with Gasteiger partial charge in [-0.15, -0.1) is 0 Å². The Morgan fingerprint density at radius 1 is 1.07 bits per heavy atom. The molecule has 5 aromatic rings. The molecule has 0 aliphatic rings. The Balaban J connectivity index is 1.42. The number of amides is 1. The molecule has 7 heteroatoms. The van der Waals surface area contributed by atoms with Crippen molar-refractivity contribution in [2.45, 2.75) is 0 Å². The summed E-state index contributed by atoms with van der Waals surface area (Å²) in [5.74, 6) is 0.487. The third kappa shape index (κ3) is 3.00. The molecule has 0 unspecified atom stereocenters. The lowest BCUT2D eigenvalue weighted by atomic mass is 10.1. The Bertz CT molecular complexity index is 1300. The molecule has 1 amide bonds. The molecule has 3 aromatic heterocycles. The van der Waals surface area contributed by atoms with Crippen LogP contribution in [0.4, 0.5) is 5.69 Å². The molecule has 6 nitrogen and oxygen atoms in total. The minimum atomic E-state index is -0.166. The molecular weight excluding hydrogens is 430 g/mol. The third-order valence-electron chi connectivity index (χ3n) is 4.93. The van der Waals surface area contributed by atoms with Crippen molar-refractivity contribution in [1.29, 1.82) is 0 Å². The average molecular weight is 446 g/mol. The van der Waals surface area contributed by atoms with E-state index in [9.17, 15) is 4.79 Å². The topological polar surface area (TPSA) is 64.2 Å². The first-order chi connectivity index (χ1) is 14.1. The smallest absolute Gasteiger partial charge is 0.273 e. The Hall–Kier alpha value is -3.45. The standard InChI is InChI=1S/C22H16BrN5O/c1-27-18-6-3-2-5-16(18)19(23)20(27)21(29)25-15-9-7-14(8-10-15)17-13-28-12-4-11-24-22(28)26-17/h2-13H,1H3,(H,25,29). The van der Waals surface area contributed by atoms with Gasteiger partial charge in [0, 0.05) is 47.8 Å². The molecule has 142 valence electrons. The van der Waals surface area contributed by atoms with Crippen LogP contribution in [0.25, 0.3) is 27.9 Å². The molecular formula is C22H16BrN5O. The molecule has 0 aliphatic carbocycles. The van der Waals surface area contributed by atoms with Crippen molar-refractivity contribution in [3.05, 3.63) is 83.4 Å². The highest BCUT2D eigenvalue weighted by Crippen LogP contribution is 2.31. The van der Waals surface area contributed by atoms with E-state index < -0.39 is 0 Å². The predicted molar refractivity (Wildman–Crippen MR) is 117 cm³/mol. The zero-order valence-corrected chi connectivity index (χ0v) is 17.1. The van der Waals surface area contributed by atoms with Crippen molar-refractivity contribution in [2.75, 3.05) is 5.32 Å². The highest BCUT2D eigenvalue weighted by molar-refractivity contribution is 9.10. The van der Waals surface area contributed by atoms with Crippen LogP contribution < -0.4 is 5.32 Å². The lowest BCUT2D eigenvalue weighted by Gasteiger charge is -2.08. The molecule has 0 radical (unpaired) electrons. The first kappa shape index (κ1) is 17.6. The molecule has 0 aliphatic heterocycles. The van der Waals surface area contributed by atoms with E-state index in [0.717, 1.165) is 32.3 Å². The molecule has 0 spiro atoms. The molecule has 0 saturated heterocycles. The highest BCUT2D eigenvalue weighted by atomic mass is 79.9. The number of aromatic nitrogens is 4. The predicted octanol–water partition coefficient (Wildman–Crippen LogP) is 4.90. The monoisotopic (exact) mass is 445 g/mol. The van der Waals surface area contributed by atoms with Crippen LogP contribution in [0.1, 0.15) is 10.5 Å². The summed E-state index contributed by atoms with van der Waals surface area (Å²) in [6.45, 7) is 0. The first-order valence-corrected chi connectivity index (χ1v) is 9.85. The van der Waals surface area contributed by atoms with Gasteiger partial charge in [-0.25, -0.2) is 9.97 Å². The van der Waals surface area contributed by atoms with E-state index in [2.05, 4.69) is 31.2 Å². The number of para-hydroxylation sites is 1. The first-order valence-electron chi connectivity index (χ1n) is 9.06. The van der Waals surface area contributed by atoms with E-state index in [-0.39, 0.29) is 5.91 Å². The van der Waals surface area contributed by atoms with Gasteiger partial charge < -0.3 is 9.88 Å². The summed E-state index contributed by atoms with van der Waals surface area (Å²) in [6, 6.07) is 17.4. The third-order valence-corrected chi connectivity index (χ3v) is 5.74. The second-order valence-electron chi connectivity index (χ2n) is 6.72. The van der Waals surface area contributed by atoms with Crippen molar-refractivity contribution in [3.63, 3.8) is 0 Å². The minimum Gasteiger partial charge on any atom is -0.339 e. The van der Waals surface area contributed by atoms with Gasteiger partial charge in [-0.1, -0.05) is 30.3 Å². The minimum absolute atomic E-state index is 0.166. The Morgan fingerprint density at radius 2 is 1.86 bits per heavy atom. The maximum atomic E-state index is 12.9. The lowest BCUT2D eigenvalue weighted by molar-refractivity contribution is 0.101. The fourth-order valence-corrected chi connectivity index (χ4v) is 4.26. The summed E-state index contributed by atoms with van der Waals surface area (Å²) in [5.41, 5.74) is 4.09. The zero-order valence-electron chi connectivity index (χ0n) is 15.5. The average Bonchev–Trinajstić information content (AvgIpc) is 3.28. The van der Waals surface area contributed by atoms with Gasteiger partial charge >= 0.3 is 0 Å². The van der Waals surface area contributed by atoms with Crippen LogP contribution >= 0.6 is 15.9 Å². The van der Waals surface area contributed by atoms with E-state index in [0.29, 0.717) is 11.5 Å². The van der Waals surface area contributed by atoms with E-state index in [1.54, 1.807) is 6.20 Å². The lowest BCUT2D eigenvalue weighted by Crippen LogP contribution is -2.16. The molecule has 0 atom stereocenters. The Labute approximate surface area is 175 Å². The fourth-order valence-electron chi connectivity index (χ4n) is 3.48. The van der Waals surface area contributed by atoms with Crippen LogP contribution in [-0.2, 0) is 7.05 Å². The van der Waals surface area contributed by atoms with E-state index in [1.807, 2.05) is 83.0 Å². The SMILES string of the molecule is Cn1c(C(=O)Nc2ccc(-c3cn4cccnc4n3)cc2)c(Br)c2ccccc21. The molecule has 1 N–H and O–H groups in total. The number of nitrogens with one attached hydrogen (secondary N) is 1. The number of anilines is 1. The second-order valence-corrected chi connectivity index (χ2v) is 7.52. The number of benzene rings is 2. The van der Waals surface area contributed by atoms with Crippen molar-refractivity contribution >= 4 is 44.2 Å². The number of hydrogen-bond donors (Lipinski definition) is 1. The number of imidazole rings is 1. The summed E-state index contributed by atoms with van der Waals surface area (Å²) in [4.78, 5) is 21.7.